The Morgan fingerprint density at radius 3 is 2.69 bits per heavy atom. The van der Waals surface area contributed by atoms with E-state index in [0.717, 1.165) is 5.56 Å². The standard InChI is InChI=1S/C11H12O2/c1-13-9-5-8-11(12)10-6-3-2-4-7-10/h2-4,6-7,11-12H,9H2,1H3/t11-/m1/s1. The van der Waals surface area contributed by atoms with Crippen molar-refractivity contribution < 1.29 is 9.84 Å². The second-order valence-corrected chi connectivity index (χ2v) is 2.57. The predicted molar refractivity (Wildman–Crippen MR) is 51.1 cm³/mol. The normalized spacial score (nSPS) is 11.5. The highest BCUT2D eigenvalue weighted by molar-refractivity contribution is 5.24. The molecule has 0 saturated carbocycles. The maximum atomic E-state index is 9.52. The Labute approximate surface area is 78.2 Å². The van der Waals surface area contributed by atoms with Gasteiger partial charge in [-0.05, 0) is 5.56 Å². The van der Waals surface area contributed by atoms with Gasteiger partial charge < -0.3 is 9.84 Å². The van der Waals surface area contributed by atoms with E-state index in [0.29, 0.717) is 6.61 Å². The summed E-state index contributed by atoms with van der Waals surface area (Å²) in [5, 5.41) is 9.52. The van der Waals surface area contributed by atoms with Crippen molar-refractivity contribution >= 4 is 0 Å². The molecule has 0 amide bonds. The fourth-order valence-corrected chi connectivity index (χ4v) is 0.929. The number of ether oxygens (including phenoxy) is 1. The van der Waals surface area contributed by atoms with Crippen LogP contribution >= 0.6 is 0 Å². The van der Waals surface area contributed by atoms with Crippen LogP contribution in [0.25, 0.3) is 0 Å². The van der Waals surface area contributed by atoms with E-state index >= 15 is 0 Å². The van der Waals surface area contributed by atoms with Crippen LogP contribution < -0.4 is 0 Å². The van der Waals surface area contributed by atoms with Crippen molar-refractivity contribution in [2.45, 2.75) is 6.10 Å². The third-order valence-electron chi connectivity index (χ3n) is 1.57. The molecule has 0 aliphatic rings. The van der Waals surface area contributed by atoms with Gasteiger partial charge in [-0.15, -0.1) is 0 Å². The van der Waals surface area contributed by atoms with Crippen LogP contribution in [0.2, 0.25) is 0 Å². The van der Waals surface area contributed by atoms with Crippen LogP contribution in [0.1, 0.15) is 11.7 Å². The van der Waals surface area contributed by atoms with E-state index in [9.17, 15) is 5.11 Å². The number of benzene rings is 1. The molecule has 2 nitrogen and oxygen atoms in total. The van der Waals surface area contributed by atoms with Crippen LogP contribution in [0.4, 0.5) is 0 Å². The molecular formula is C11H12O2. The number of methoxy groups -OCH3 is 1. The summed E-state index contributed by atoms with van der Waals surface area (Å²) in [6.07, 6.45) is -0.712. The molecule has 0 saturated heterocycles. The second-order valence-electron chi connectivity index (χ2n) is 2.57. The highest BCUT2D eigenvalue weighted by atomic mass is 16.5. The molecule has 0 aliphatic heterocycles. The summed E-state index contributed by atoms with van der Waals surface area (Å²) in [6.45, 7) is 0.351. The first-order chi connectivity index (χ1) is 6.34. The molecule has 13 heavy (non-hydrogen) atoms. The third kappa shape index (κ3) is 3.29. The molecule has 1 rings (SSSR count). The summed E-state index contributed by atoms with van der Waals surface area (Å²) in [5.74, 6) is 5.39. The van der Waals surface area contributed by atoms with Crippen LogP contribution in [0.15, 0.2) is 30.3 Å². The molecule has 1 aromatic rings. The van der Waals surface area contributed by atoms with Gasteiger partial charge in [0.1, 0.15) is 12.7 Å². The topological polar surface area (TPSA) is 29.5 Å². The molecule has 1 atom stereocenters. The lowest BCUT2D eigenvalue weighted by Crippen LogP contribution is -1.93. The molecule has 0 spiro atoms. The summed E-state index contributed by atoms with van der Waals surface area (Å²) >= 11 is 0. The lowest BCUT2D eigenvalue weighted by atomic mass is 10.1. The largest absolute Gasteiger partial charge is 0.376 e. The zero-order chi connectivity index (χ0) is 9.52. The van der Waals surface area contributed by atoms with Gasteiger partial charge >= 0.3 is 0 Å². The van der Waals surface area contributed by atoms with Crippen molar-refractivity contribution in [3.8, 4) is 11.8 Å². The monoisotopic (exact) mass is 176 g/mol. The van der Waals surface area contributed by atoms with Gasteiger partial charge in [0.25, 0.3) is 0 Å². The molecule has 0 radical (unpaired) electrons. The lowest BCUT2D eigenvalue weighted by Gasteiger charge is -2.01. The summed E-state index contributed by atoms with van der Waals surface area (Å²) in [6, 6.07) is 9.32. The Kier molecular flexibility index (Phi) is 4.04. The molecule has 0 heterocycles. The summed E-state index contributed by atoms with van der Waals surface area (Å²) in [5.41, 5.74) is 0.811. The SMILES string of the molecule is COCC#C[C@@H](O)c1ccccc1. The van der Waals surface area contributed by atoms with Gasteiger partial charge in [0.15, 0.2) is 0 Å². The molecule has 0 bridgehead atoms. The van der Waals surface area contributed by atoms with E-state index < -0.39 is 6.10 Å². The molecule has 1 aromatic carbocycles. The summed E-state index contributed by atoms with van der Waals surface area (Å²) in [4.78, 5) is 0. The number of rotatable bonds is 2. The third-order valence-corrected chi connectivity index (χ3v) is 1.57. The van der Waals surface area contributed by atoms with Gasteiger partial charge in [-0.3, -0.25) is 0 Å². The number of hydrogen-bond acceptors (Lipinski definition) is 2. The minimum absolute atomic E-state index is 0.351. The minimum Gasteiger partial charge on any atom is -0.376 e. The Hall–Kier alpha value is -1.30. The highest BCUT2D eigenvalue weighted by Crippen LogP contribution is 2.09. The predicted octanol–water partition coefficient (Wildman–Crippen LogP) is 1.37. The van der Waals surface area contributed by atoms with Crippen LogP contribution in [-0.4, -0.2) is 18.8 Å². The van der Waals surface area contributed by atoms with Gasteiger partial charge in [-0.25, -0.2) is 0 Å². The van der Waals surface area contributed by atoms with Gasteiger partial charge in [0.2, 0.25) is 0 Å². The molecule has 0 aliphatic carbocycles. The van der Waals surface area contributed by atoms with Crippen LogP contribution in [0.3, 0.4) is 0 Å². The summed E-state index contributed by atoms with van der Waals surface area (Å²) in [7, 11) is 1.57. The number of hydrogen-bond donors (Lipinski definition) is 1. The van der Waals surface area contributed by atoms with Crippen molar-refractivity contribution in [3.63, 3.8) is 0 Å². The maximum absolute atomic E-state index is 9.52. The van der Waals surface area contributed by atoms with Crippen LogP contribution in [0, 0.1) is 11.8 Å². The average Bonchev–Trinajstić information content (AvgIpc) is 2.19. The number of aliphatic hydroxyl groups is 1. The van der Waals surface area contributed by atoms with E-state index in [-0.39, 0.29) is 0 Å². The molecule has 0 aromatic heterocycles. The van der Waals surface area contributed by atoms with E-state index in [1.54, 1.807) is 7.11 Å². The zero-order valence-electron chi connectivity index (χ0n) is 7.53. The minimum atomic E-state index is -0.712. The van der Waals surface area contributed by atoms with Gasteiger partial charge in [0.05, 0.1) is 0 Å². The molecule has 2 heteroatoms. The van der Waals surface area contributed by atoms with Gasteiger partial charge in [-0.1, -0.05) is 42.2 Å². The molecule has 68 valence electrons. The second kappa shape index (κ2) is 5.36. The molecule has 1 N–H and O–H groups in total. The summed E-state index contributed by atoms with van der Waals surface area (Å²) < 4.78 is 4.74. The fraction of sp³-hybridized carbons (Fsp3) is 0.273. The smallest absolute Gasteiger partial charge is 0.140 e. The van der Waals surface area contributed by atoms with Crippen molar-refractivity contribution in [1.82, 2.24) is 0 Å². The van der Waals surface area contributed by atoms with E-state index in [1.807, 2.05) is 30.3 Å². The van der Waals surface area contributed by atoms with E-state index in [4.69, 9.17) is 4.74 Å². The average molecular weight is 176 g/mol. The van der Waals surface area contributed by atoms with Crippen molar-refractivity contribution in [3.05, 3.63) is 35.9 Å². The fourth-order valence-electron chi connectivity index (χ4n) is 0.929. The Morgan fingerprint density at radius 2 is 2.08 bits per heavy atom. The first-order valence-corrected chi connectivity index (χ1v) is 4.05. The van der Waals surface area contributed by atoms with E-state index in [2.05, 4.69) is 11.8 Å². The quantitative estimate of drug-likeness (QED) is 0.689. The molecular weight excluding hydrogens is 164 g/mol. The van der Waals surface area contributed by atoms with Crippen molar-refractivity contribution in [2.24, 2.45) is 0 Å². The van der Waals surface area contributed by atoms with Gasteiger partial charge in [-0.2, -0.15) is 0 Å². The van der Waals surface area contributed by atoms with Crippen LogP contribution in [-0.2, 0) is 4.74 Å². The molecule has 0 unspecified atom stereocenters. The molecule has 0 fully saturated rings. The maximum Gasteiger partial charge on any atom is 0.140 e. The van der Waals surface area contributed by atoms with Gasteiger partial charge in [0, 0.05) is 7.11 Å². The first-order valence-electron chi connectivity index (χ1n) is 4.05. The number of aliphatic hydroxyl groups excluding tert-OH is 1. The van der Waals surface area contributed by atoms with Crippen LogP contribution in [0.5, 0.6) is 0 Å². The zero-order valence-corrected chi connectivity index (χ0v) is 7.53. The Balaban J connectivity index is 2.60. The highest BCUT2D eigenvalue weighted by Gasteiger charge is 2.00. The Morgan fingerprint density at radius 1 is 1.38 bits per heavy atom. The van der Waals surface area contributed by atoms with E-state index in [1.165, 1.54) is 0 Å². The lowest BCUT2D eigenvalue weighted by molar-refractivity contribution is 0.230. The first kappa shape index (κ1) is 9.79. The van der Waals surface area contributed by atoms with Crippen molar-refractivity contribution in [1.29, 1.82) is 0 Å². The Bertz CT molecular complexity index is 295. The van der Waals surface area contributed by atoms with Crippen molar-refractivity contribution in [2.75, 3.05) is 13.7 Å².